The molecule has 3 nitrogen and oxygen atoms in total. The Morgan fingerprint density at radius 1 is 1.25 bits per heavy atom. The molecule has 2 rings (SSSR count). The number of benzene rings is 1. The minimum atomic E-state index is 0.533. The summed E-state index contributed by atoms with van der Waals surface area (Å²) in [7, 11) is 0. The van der Waals surface area contributed by atoms with E-state index in [1.54, 1.807) is 0 Å². The summed E-state index contributed by atoms with van der Waals surface area (Å²) in [6, 6.07) is 6.27. The fourth-order valence-corrected chi connectivity index (χ4v) is 2.84. The molecule has 0 N–H and O–H groups in total. The van der Waals surface area contributed by atoms with Crippen LogP contribution >= 0.6 is 15.9 Å². The van der Waals surface area contributed by atoms with Crippen LogP contribution < -0.4 is 4.74 Å². The van der Waals surface area contributed by atoms with Crippen LogP contribution in [0.5, 0.6) is 5.75 Å². The SMILES string of the molecule is CCc1nn(CC)c(COc2cc(C)ccc2C)c1Br. The van der Waals surface area contributed by atoms with Gasteiger partial charge in [0.2, 0.25) is 0 Å². The van der Waals surface area contributed by atoms with E-state index in [0.29, 0.717) is 6.61 Å². The fraction of sp³-hybridized carbons (Fsp3) is 0.438. The van der Waals surface area contributed by atoms with Gasteiger partial charge in [-0.15, -0.1) is 0 Å². The number of aromatic nitrogens is 2. The Hall–Kier alpha value is -1.29. The van der Waals surface area contributed by atoms with Crippen molar-refractivity contribution in [2.75, 3.05) is 0 Å². The topological polar surface area (TPSA) is 27.1 Å². The first-order valence-electron chi connectivity index (χ1n) is 7.00. The number of ether oxygens (including phenoxy) is 1. The average Bonchev–Trinajstić information content (AvgIpc) is 2.75. The lowest BCUT2D eigenvalue weighted by atomic mass is 10.1. The molecule has 0 aliphatic rings. The third-order valence-corrected chi connectivity index (χ3v) is 4.32. The Morgan fingerprint density at radius 2 is 2.00 bits per heavy atom. The van der Waals surface area contributed by atoms with Crippen LogP contribution in [0.1, 0.15) is 36.4 Å². The largest absolute Gasteiger partial charge is 0.487 e. The molecule has 1 aromatic heterocycles. The fourth-order valence-electron chi connectivity index (χ4n) is 2.16. The third-order valence-electron chi connectivity index (χ3n) is 3.40. The maximum Gasteiger partial charge on any atom is 0.131 e. The van der Waals surface area contributed by atoms with E-state index in [2.05, 4.69) is 66.9 Å². The van der Waals surface area contributed by atoms with Gasteiger partial charge in [0.25, 0.3) is 0 Å². The van der Waals surface area contributed by atoms with E-state index in [4.69, 9.17) is 4.74 Å². The molecule has 1 heterocycles. The molecule has 0 atom stereocenters. The minimum Gasteiger partial charge on any atom is -0.487 e. The molecule has 0 saturated carbocycles. The van der Waals surface area contributed by atoms with Crippen molar-refractivity contribution >= 4 is 15.9 Å². The van der Waals surface area contributed by atoms with Gasteiger partial charge in [-0.25, -0.2) is 0 Å². The summed E-state index contributed by atoms with van der Waals surface area (Å²) in [6.07, 6.45) is 0.921. The van der Waals surface area contributed by atoms with Crippen LogP contribution in [0, 0.1) is 13.8 Å². The van der Waals surface area contributed by atoms with Crippen molar-refractivity contribution in [3.8, 4) is 5.75 Å². The van der Waals surface area contributed by atoms with E-state index in [1.807, 2.05) is 4.68 Å². The summed E-state index contributed by atoms with van der Waals surface area (Å²) in [5, 5.41) is 4.59. The molecule has 4 heteroatoms. The minimum absolute atomic E-state index is 0.533. The zero-order valence-electron chi connectivity index (χ0n) is 12.5. The Morgan fingerprint density at radius 3 is 2.65 bits per heavy atom. The van der Waals surface area contributed by atoms with Gasteiger partial charge in [0.1, 0.15) is 12.4 Å². The monoisotopic (exact) mass is 336 g/mol. The molecule has 0 saturated heterocycles. The Labute approximate surface area is 129 Å². The molecular weight excluding hydrogens is 316 g/mol. The number of rotatable bonds is 5. The summed E-state index contributed by atoms with van der Waals surface area (Å²) in [5.41, 5.74) is 4.56. The average molecular weight is 337 g/mol. The first-order chi connectivity index (χ1) is 9.56. The highest BCUT2D eigenvalue weighted by atomic mass is 79.9. The van der Waals surface area contributed by atoms with Crippen molar-refractivity contribution in [2.45, 2.75) is 47.3 Å². The van der Waals surface area contributed by atoms with E-state index in [0.717, 1.165) is 40.1 Å². The second-order valence-electron chi connectivity index (χ2n) is 4.93. The summed E-state index contributed by atoms with van der Waals surface area (Å²) in [5.74, 6) is 0.943. The Bertz CT molecular complexity index is 605. The molecule has 2 aromatic rings. The molecule has 0 spiro atoms. The summed E-state index contributed by atoms with van der Waals surface area (Å²) < 4.78 is 9.08. The smallest absolute Gasteiger partial charge is 0.131 e. The predicted octanol–water partition coefficient (Wildman–Crippen LogP) is 4.42. The molecule has 0 aliphatic carbocycles. The van der Waals surface area contributed by atoms with Crippen LogP contribution in [0.4, 0.5) is 0 Å². The van der Waals surface area contributed by atoms with Gasteiger partial charge in [0, 0.05) is 6.54 Å². The van der Waals surface area contributed by atoms with Crippen LogP contribution in [0.25, 0.3) is 0 Å². The van der Waals surface area contributed by atoms with Gasteiger partial charge in [-0.1, -0.05) is 19.1 Å². The first-order valence-corrected chi connectivity index (χ1v) is 7.80. The summed E-state index contributed by atoms with van der Waals surface area (Å²) >= 11 is 3.65. The predicted molar refractivity (Wildman–Crippen MR) is 85.2 cm³/mol. The molecule has 108 valence electrons. The van der Waals surface area contributed by atoms with Crippen molar-refractivity contribution in [3.05, 3.63) is 45.2 Å². The number of aryl methyl sites for hydroxylation is 4. The van der Waals surface area contributed by atoms with Crippen LogP contribution in [-0.2, 0) is 19.6 Å². The lowest BCUT2D eigenvalue weighted by Crippen LogP contribution is -2.07. The van der Waals surface area contributed by atoms with Crippen molar-refractivity contribution in [1.82, 2.24) is 9.78 Å². The second-order valence-corrected chi connectivity index (χ2v) is 5.73. The van der Waals surface area contributed by atoms with Crippen molar-refractivity contribution in [3.63, 3.8) is 0 Å². The standard InChI is InChI=1S/C16H21BrN2O/c1-5-13-16(17)14(19(6-2)18-13)10-20-15-9-11(3)7-8-12(15)4/h7-9H,5-6,10H2,1-4H3. The van der Waals surface area contributed by atoms with Crippen LogP contribution in [0.15, 0.2) is 22.7 Å². The van der Waals surface area contributed by atoms with Crippen molar-refractivity contribution in [1.29, 1.82) is 0 Å². The van der Waals surface area contributed by atoms with Gasteiger partial charge in [-0.05, 0) is 60.3 Å². The van der Waals surface area contributed by atoms with Crippen molar-refractivity contribution < 1.29 is 4.74 Å². The van der Waals surface area contributed by atoms with E-state index in [-0.39, 0.29) is 0 Å². The highest BCUT2D eigenvalue weighted by Crippen LogP contribution is 2.25. The highest BCUT2D eigenvalue weighted by Gasteiger charge is 2.14. The first kappa shape index (κ1) is 15.1. The van der Waals surface area contributed by atoms with Gasteiger partial charge in [0.05, 0.1) is 15.9 Å². The quantitative estimate of drug-likeness (QED) is 0.807. The molecular formula is C16H21BrN2O. The second kappa shape index (κ2) is 6.44. The zero-order valence-corrected chi connectivity index (χ0v) is 14.1. The Kier molecular flexibility index (Phi) is 4.86. The summed E-state index contributed by atoms with van der Waals surface area (Å²) in [6.45, 7) is 9.74. The van der Waals surface area contributed by atoms with E-state index < -0.39 is 0 Å². The molecule has 0 radical (unpaired) electrons. The zero-order chi connectivity index (χ0) is 14.7. The Balaban J connectivity index is 2.22. The number of hydrogen-bond donors (Lipinski definition) is 0. The van der Waals surface area contributed by atoms with E-state index in [1.165, 1.54) is 5.56 Å². The van der Waals surface area contributed by atoms with Crippen molar-refractivity contribution in [2.24, 2.45) is 0 Å². The third kappa shape index (κ3) is 3.06. The highest BCUT2D eigenvalue weighted by molar-refractivity contribution is 9.10. The van der Waals surface area contributed by atoms with Crippen LogP contribution in [0.2, 0.25) is 0 Å². The van der Waals surface area contributed by atoms with E-state index >= 15 is 0 Å². The number of nitrogens with zero attached hydrogens (tertiary/aromatic N) is 2. The molecule has 0 aliphatic heterocycles. The lowest BCUT2D eigenvalue weighted by molar-refractivity contribution is 0.289. The lowest BCUT2D eigenvalue weighted by Gasteiger charge is -2.11. The van der Waals surface area contributed by atoms with Crippen LogP contribution in [-0.4, -0.2) is 9.78 Å². The van der Waals surface area contributed by atoms with E-state index in [9.17, 15) is 0 Å². The van der Waals surface area contributed by atoms with Crippen LogP contribution in [0.3, 0.4) is 0 Å². The normalized spacial score (nSPS) is 10.8. The summed E-state index contributed by atoms with van der Waals surface area (Å²) in [4.78, 5) is 0. The molecule has 0 fully saturated rings. The number of hydrogen-bond acceptors (Lipinski definition) is 2. The van der Waals surface area contributed by atoms with Gasteiger partial charge in [0.15, 0.2) is 0 Å². The van der Waals surface area contributed by atoms with Gasteiger partial charge < -0.3 is 4.74 Å². The molecule has 0 amide bonds. The molecule has 20 heavy (non-hydrogen) atoms. The maximum atomic E-state index is 5.99. The molecule has 0 unspecified atom stereocenters. The van der Waals surface area contributed by atoms with Gasteiger partial charge >= 0.3 is 0 Å². The molecule has 1 aromatic carbocycles. The molecule has 0 bridgehead atoms. The number of halogens is 1. The van der Waals surface area contributed by atoms with Gasteiger partial charge in [-0.3, -0.25) is 4.68 Å². The van der Waals surface area contributed by atoms with Gasteiger partial charge in [-0.2, -0.15) is 5.10 Å². The maximum absolute atomic E-state index is 5.99.